The van der Waals surface area contributed by atoms with E-state index >= 15 is 0 Å². The molecule has 0 aromatic heterocycles. The van der Waals surface area contributed by atoms with Gasteiger partial charge in [0.2, 0.25) is 0 Å². The maximum atomic E-state index is 10.2. The molecule has 0 spiro atoms. The third-order valence-corrected chi connectivity index (χ3v) is 8.83. The summed E-state index contributed by atoms with van der Waals surface area (Å²) in [5, 5.41) is 27.3. The molecule has 4 nitrogen and oxygen atoms in total. The Morgan fingerprint density at radius 2 is 1.82 bits per heavy atom. The van der Waals surface area contributed by atoms with Crippen LogP contribution < -0.4 is 0 Å². The molecule has 3 aliphatic rings. The van der Waals surface area contributed by atoms with Gasteiger partial charge < -0.3 is 20.1 Å². The van der Waals surface area contributed by atoms with Gasteiger partial charge >= 0.3 is 0 Å². The zero-order valence-electron chi connectivity index (χ0n) is 24.5. The van der Waals surface area contributed by atoms with Crippen molar-refractivity contribution >= 4 is 5.57 Å². The third kappa shape index (κ3) is 7.79. The van der Waals surface area contributed by atoms with Gasteiger partial charge in [0.25, 0.3) is 0 Å². The second-order valence-electron chi connectivity index (χ2n) is 11.1. The molecule has 0 saturated heterocycles. The first kappa shape index (κ1) is 32.2. The number of hydrogen-bond donors (Lipinski definition) is 3. The predicted octanol–water partition coefficient (Wildman–Crippen LogP) is 7.13. The summed E-state index contributed by atoms with van der Waals surface area (Å²) in [6.07, 6.45) is 10.5. The van der Waals surface area contributed by atoms with Gasteiger partial charge in [-0.25, -0.2) is 0 Å². The molecule has 0 aliphatic heterocycles. The number of aliphatic hydroxyl groups is 3. The van der Waals surface area contributed by atoms with Gasteiger partial charge in [0.05, 0.1) is 18.8 Å². The van der Waals surface area contributed by atoms with Crippen LogP contribution in [0.2, 0.25) is 0 Å². The van der Waals surface area contributed by atoms with Gasteiger partial charge in [0.1, 0.15) is 0 Å². The van der Waals surface area contributed by atoms with Crippen molar-refractivity contribution in [1.29, 1.82) is 0 Å². The monoisotopic (exact) mass is 524 g/mol. The normalized spacial score (nSPS) is 31.5. The molecule has 4 rings (SSSR count). The van der Waals surface area contributed by atoms with Crippen LogP contribution in [0.3, 0.4) is 0 Å². The first-order valence-electron chi connectivity index (χ1n) is 14.5. The van der Waals surface area contributed by atoms with Crippen LogP contribution >= 0.6 is 0 Å². The molecule has 4 heteroatoms. The Morgan fingerprint density at radius 1 is 1.13 bits per heavy atom. The largest absolute Gasteiger partial charge is 0.400 e. The van der Waals surface area contributed by atoms with Crippen LogP contribution in [0.25, 0.3) is 5.57 Å². The molecule has 0 bridgehead atoms. The van der Waals surface area contributed by atoms with Gasteiger partial charge in [-0.05, 0) is 84.0 Å². The van der Waals surface area contributed by atoms with Crippen molar-refractivity contribution in [2.75, 3.05) is 20.3 Å². The summed E-state index contributed by atoms with van der Waals surface area (Å²) in [5.74, 6) is 1.78. The number of rotatable bonds is 7. The van der Waals surface area contributed by atoms with E-state index in [1.165, 1.54) is 31.3 Å². The molecule has 212 valence electrons. The lowest BCUT2D eigenvalue weighted by atomic mass is 9.61. The third-order valence-electron chi connectivity index (χ3n) is 8.83. The summed E-state index contributed by atoms with van der Waals surface area (Å²) >= 11 is 0. The Morgan fingerprint density at radius 3 is 2.50 bits per heavy atom. The minimum absolute atomic E-state index is 0.310. The summed E-state index contributed by atoms with van der Waals surface area (Å²) in [4.78, 5) is 0. The first-order valence-corrected chi connectivity index (χ1v) is 14.5. The molecular weight excluding hydrogens is 472 g/mol. The van der Waals surface area contributed by atoms with Crippen molar-refractivity contribution in [2.24, 2.45) is 23.2 Å². The Kier molecular flexibility index (Phi) is 13.2. The van der Waals surface area contributed by atoms with Crippen LogP contribution in [-0.2, 0) is 4.74 Å². The highest BCUT2D eigenvalue weighted by atomic mass is 16.5. The molecule has 3 N–H and O–H groups in total. The lowest BCUT2D eigenvalue weighted by Crippen LogP contribution is -2.37. The average Bonchev–Trinajstić information content (AvgIpc) is 3.30. The van der Waals surface area contributed by atoms with Crippen molar-refractivity contribution < 1.29 is 20.1 Å². The van der Waals surface area contributed by atoms with Crippen LogP contribution in [0.1, 0.15) is 78.2 Å². The highest BCUT2D eigenvalue weighted by molar-refractivity contribution is 5.63. The van der Waals surface area contributed by atoms with Crippen molar-refractivity contribution in [3.05, 3.63) is 77.9 Å². The maximum Gasteiger partial charge on any atom is 0.0811 e. The summed E-state index contributed by atoms with van der Waals surface area (Å²) < 4.78 is 6.15. The van der Waals surface area contributed by atoms with Crippen LogP contribution in [0.5, 0.6) is 0 Å². The second kappa shape index (κ2) is 15.6. The molecular formula is C34H52O4. The first-order chi connectivity index (χ1) is 18.3. The number of aliphatic hydroxyl groups excluding tert-OH is 3. The molecule has 0 amide bonds. The van der Waals surface area contributed by atoms with E-state index in [0.29, 0.717) is 42.6 Å². The number of hydrogen-bond acceptors (Lipinski definition) is 4. The molecule has 3 fully saturated rings. The summed E-state index contributed by atoms with van der Waals surface area (Å²) in [5.41, 5.74) is 5.81. The number of fused-ring (bicyclic) bond motifs is 1. The smallest absolute Gasteiger partial charge is 0.0811 e. The van der Waals surface area contributed by atoms with Crippen molar-refractivity contribution in [1.82, 2.24) is 0 Å². The van der Waals surface area contributed by atoms with E-state index in [9.17, 15) is 10.2 Å². The van der Waals surface area contributed by atoms with E-state index in [2.05, 4.69) is 51.3 Å². The minimum atomic E-state index is -0.625. The van der Waals surface area contributed by atoms with Crippen LogP contribution in [0.4, 0.5) is 0 Å². The Bertz CT molecular complexity index is 946. The van der Waals surface area contributed by atoms with Crippen molar-refractivity contribution in [2.45, 2.75) is 84.8 Å². The number of allylic oxidation sites excluding steroid dienone is 3. The zero-order chi connectivity index (χ0) is 28.3. The summed E-state index contributed by atoms with van der Waals surface area (Å²) in [6.45, 7) is 18.5. The predicted molar refractivity (Wildman–Crippen MR) is 160 cm³/mol. The highest BCUT2D eigenvalue weighted by Crippen LogP contribution is 2.59. The lowest BCUT2D eigenvalue weighted by Gasteiger charge is -2.44. The van der Waals surface area contributed by atoms with Crippen molar-refractivity contribution in [3.8, 4) is 0 Å². The molecule has 3 aliphatic carbocycles. The fraction of sp³-hybridized carbons (Fsp3) is 0.588. The Hall–Kier alpha value is -1.98. The van der Waals surface area contributed by atoms with E-state index in [4.69, 9.17) is 9.84 Å². The zero-order valence-corrected chi connectivity index (χ0v) is 24.5. The fourth-order valence-corrected chi connectivity index (χ4v) is 6.92. The van der Waals surface area contributed by atoms with Gasteiger partial charge in [-0.15, -0.1) is 0 Å². The molecule has 2 unspecified atom stereocenters. The van der Waals surface area contributed by atoms with Gasteiger partial charge in [0, 0.05) is 20.1 Å². The van der Waals surface area contributed by atoms with Crippen LogP contribution in [0.15, 0.2) is 72.4 Å². The maximum absolute atomic E-state index is 10.2. The second-order valence-corrected chi connectivity index (χ2v) is 11.1. The number of ether oxygens (including phenoxy) is 1. The standard InChI is InChI=1S/C31H42O3.C2H6.CH4O/c1-21(24-9-6-5-7-10-24)19-34-20-22(2)28-14-15-29-25(11-8-16-31(28,29)4)12-13-26-17-27(32)18-30(33)23(26)3;2*1-2/h5-7,9-10,12-13,22,27-30,32-33H,1,3,8,11,14-20H2,2,4H3;1-2H3;2H,1H3/b25-12+,26-13-;;/t22-,27-,28-,29+,30?,31?;;/m1../s1. The molecule has 3 saturated carbocycles. The lowest BCUT2D eigenvalue weighted by molar-refractivity contribution is 0.0445. The Labute approximate surface area is 231 Å². The summed E-state index contributed by atoms with van der Waals surface area (Å²) in [6, 6.07) is 10.3. The quantitative estimate of drug-likeness (QED) is 0.355. The SMILES string of the molecule is C=C(COC[C@@H](C)[C@H]1CC[C@H]2/C(=C/C=C3/C[C@@H](O)CC(O)C3=C)CCCC12C)c1ccccc1.CC.CO. The van der Waals surface area contributed by atoms with E-state index < -0.39 is 12.2 Å². The van der Waals surface area contributed by atoms with Crippen LogP contribution in [-0.4, -0.2) is 47.9 Å². The molecule has 1 aromatic carbocycles. The molecule has 0 heterocycles. The molecule has 0 radical (unpaired) electrons. The average molecular weight is 525 g/mol. The van der Waals surface area contributed by atoms with Gasteiger partial charge in [0.15, 0.2) is 0 Å². The van der Waals surface area contributed by atoms with E-state index in [-0.39, 0.29) is 0 Å². The van der Waals surface area contributed by atoms with Crippen molar-refractivity contribution in [3.63, 3.8) is 0 Å². The molecule has 38 heavy (non-hydrogen) atoms. The summed E-state index contributed by atoms with van der Waals surface area (Å²) in [7, 11) is 1.00. The highest BCUT2D eigenvalue weighted by Gasteiger charge is 2.50. The number of benzene rings is 1. The molecule has 1 aromatic rings. The molecule has 6 atom stereocenters. The fourth-order valence-electron chi connectivity index (χ4n) is 6.92. The Balaban J connectivity index is 0.00000121. The van der Waals surface area contributed by atoms with Gasteiger partial charge in [-0.2, -0.15) is 0 Å². The van der Waals surface area contributed by atoms with E-state index in [0.717, 1.165) is 42.4 Å². The van der Waals surface area contributed by atoms with Crippen LogP contribution in [0, 0.1) is 23.2 Å². The van der Waals surface area contributed by atoms with E-state index in [1.807, 2.05) is 32.0 Å². The topological polar surface area (TPSA) is 69.9 Å². The van der Waals surface area contributed by atoms with Gasteiger partial charge in [-0.1, -0.05) is 88.9 Å². The van der Waals surface area contributed by atoms with Gasteiger partial charge in [-0.3, -0.25) is 0 Å². The van der Waals surface area contributed by atoms with E-state index in [1.54, 1.807) is 0 Å². The minimum Gasteiger partial charge on any atom is -0.400 e.